The van der Waals surface area contributed by atoms with Gasteiger partial charge in [0.15, 0.2) is 0 Å². The van der Waals surface area contributed by atoms with Crippen molar-refractivity contribution in [3.63, 3.8) is 0 Å². The summed E-state index contributed by atoms with van der Waals surface area (Å²) in [6.07, 6.45) is 0. The normalized spacial score (nSPS) is 16.1. The highest BCUT2D eigenvalue weighted by Gasteiger charge is 2.37. The third-order valence-corrected chi connectivity index (χ3v) is 5.72. The molecule has 0 fully saturated rings. The second-order valence-electron chi connectivity index (χ2n) is 7.53. The van der Waals surface area contributed by atoms with Crippen LogP contribution in [-0.4, -0.2) is 28.0 Å². The Morgan fingerprint density at radius 2 is 1.79 bits per heavy atom. The minimum atomic E-state index is -0.468. The Morgan fingerprint density at radius 1 is 1.07 bits per heavy atom. The average Bonchev–Trinajstić information content (AvgIpc) is 3.02. The molecule has 0 radical (unpaired) electrons. The van der Waals surface area contributed by atoms with Crippen LogP contribution in [0.5, 0.6) is 0 Å². The Bertz CT molecular complexity index is 1030. The van der Waals surface area contributed by atoms with E-state index < -0.39 is 5.82 Å². The monoisotopic (exact) mass is 402 g/mol. The van der Waals surface area contributed by atoms with E-state index in [1.807, 2.05) is 0 Å². The van der Waals surface area contributed by atoms with Gasteiger partial charge in [-0.15, -0.1) is 0 Å². The molecule has 0 amide bonds. The van der Waals surface area contributed by atoms with Gasteiger partial charge in [0, 0.05) is 24.3 Å². The fraction of sp³-hybridized carbons (Fsp3) is 0.286. The third-order valence-electron chi connectivity index (χ3n) is 5.43. The van der Waals surface area contributed by atoms with Crippen molar-refractivity contribution in [2.45, 2.75) is 25.9 Å². The van der Waals surface area contributed by atoms with Crippen LogP contribution in [0.25, 0.3) is 11.3 Å². The van der Waals surface area contributed by atoms with Crippen molar-refractivity contribution in [1.29, 1.82) is 0 Å². The summed E-state index contributed by atoms with van der Waals surface area (Å²) < 4.78 is 29.1. The van der Waals surface area contributed by atoms with Crippen LogP contribution in [0.4, 0.5) is 20.3 Å². The van der Waals surface area contributed by atoms with Crippen LogP contribution >= 0.6 is 11.6 Å². The molecule has 0 saturated heterocycles. The first-order valence-corrected chi connectivity index (χ1v) is 9.45. The van der Waals surface area contributed by atoms with Gasteiger partial charge in [0.2, 0.25) is 0 Å². The molecular weight excluding hydrogens is 382 g/mol. The molecule has 4 nitrogen and oxygen atoms in total. The van der Waals surface area contributed by atoms with Gasteiger partial charge in [-0.05, 0) is 63.4 Å². The summed E-state index contributed by atoms with van der Waals surface area (Å²) in [6, 6.07) is 10.8. The van der Waals surface area contributed by atoms with Crippen LogP contribution in [0.2, 0.25) is 5.02 Å². The summed E-state index contributed by atoms with van der Waals surface area (Å²) in [4.78, 5) is 7.17. The largest absolute Gasteiger partial charge is 0.340 e. The van der Waals surface area contributed by atoms with Gasteiger partial charge in [0.25, 0.3) is 0 Å². The summed E-state index contributed by atoms with van der Waals surface area (Å²) >= 11 is 5.95. The Kier molecular flexibility index (Phi) is 4.63. The fourth-order valence-electron chi connectivity index (χ4n) is 3.48. The van der Waals surface area contributed by atoms with E-state index in [1.165, 1.54) is 18.2 Å². The molecule has 146 valence electrons. The Morgan fingerprint density at radius 3 is 2.46 bits per heavy atom. The smallest absolute Gasteiger partial charge is 0.141 e. The second-order valence-corrected chi connectivity index (χ2v) is 7.93. The molecule has 1 aliphatic rings. The minimum absolute atomic E-state index is 0.0479. The van der Waals surface area contributed by atoms with E-state index in [-0.39, 0.29) is 16.4 Å². The van der Waals surface area contributed by atoms with Gasteiger partial charge in [-0.2, -0.15) is 0 Å². The Hall–Kier alpha value is -2.44. The highest BCUT2D eigenvalue weighted by atomic mass is 35.5. The average molecular weight is 403 g/mol. The lowest BCUT2D eigenvalue weighted by atomic mass is 10.0. The number of benzene rings is 2. The van der Waals surface area contributed by atoms with E-state index >= 15 is 0 Å². The first kappa shape index (κ1) is 18.9. The molecule has 0 atom stereocenters. The molecule has 2 aromatic carbocycles. The van der Waals surface area contributed by atoms with E-state index in [9.17, 15) is 8.78 Å². The molecule has 28 heavy (non-hydrogen) atoms. The highest BCUT2D eigenvalue weighted by molar-refractivity contribution is 6.31. The van der Waals surface area contributed by atoms with Crippen molar-refractivity contribution < 1.29 is 8.78 Å². The van der Waals surface area contributed by atoms with Crippen molar-refractivity contribution in [2.24, 2.45) is 0 Å². The summed E-state index contributed by atoms with van der Waals surface area (Å²) in [5.74, 6) is 0.929. The maximum absolute atomic E-state index is 13.6. The molecule has 0 spiro atoms. The first-order chi connectivity index (χ1) is 13.3. The summed E-state index contributed by atoms with van der Waals surface area (Å²) in [5.41, 5.74) is 1.92. The maximum Gasteiger partial charge on any atom is 0.141 e. The van der Waals surface area contributed by atoms with Crippen molar-refractivity contribution in [3.05, 3.63) is 64.9 Å². The fourth-order valence-corrected chi connectivity index (χ4v) is 3.66. The zero-order valence-corrected chi connectivity index (χ0v) is 16.7. The van der Waals surface area contributed by atoms with Crippen LogP contribution in [0, 0.1) is 11.6 Å². The van der Waals surface area contributed by atoms with E-state index in [2.05, 4.69) is 35.7 Å². The Balaban J connectivity index is 1.87. The quantitative estimate of drug-likeness (QED) is 0.636. The summed E-state index contributed by atoms with van der Waals surface area (Å²) in [7, 11) is 2.07. The lowest BCUT2D eigenvalue weighted by Gasteiger charge is -2.39. The molecule has 3 aromatic rings. The van der Waals surface area contributed by atoms with Crippen molar-refractivity contribution >= 4 is 23.1 Å². The zero-order chi connectivity index (χ0) is 20.1. The van der Waals surface area contributed by atoms with E-state index in [0.717, 1.165) is 36.0 Å². The summed E-state index contributed by atoms with van der Waals surface area (Å²) in [6.45, 7) is 5.86. The van der Waals surface area contributed by atoms with Gasteiger partial charge in [-0.25, -0.2) is 13.8 Å². The van der Waals surface area contributed by atoms with E-state index in [1.54, 1.807) is 24.3 Å². The number of fused-ring (bicyclic) bond motifs is 1. The van der Waals surface area contributed by atoms with Crippen molar-refractivity contribution in [1.82, 2.24) is 14.5 Å². The number of anilines is 2. The van der Waals surface area contributed by atoms with Crippen LogP contribution in [0.1, 0.15) is 19.7 Å². The topological polar surface area (TPSA) is 33.1 Å². The molecule has 0 saturated carbocycles. The second kappa shape index (κ2) is 6.87. The molecule has 4 rings (SSSR count). The predicted molar refractivity (Wildman–Crippen MR) is 108 cm³/mol. The van der Waals surface area contributed by atoms with Crippen molar-refractivity contribution in [3.8, 4) is 11.3 Å². The zero-order valence-electron chi connectivity index (χ0n) is 15.9. The number of hydrogen-bond acceptors (Lipinski definition) is 3. The van der Waals surface area contributed by atoms with Gasteiger partial charge in [0.1, 0.15) is 29.0 Å². The summed E-state index contributed by atoms with van der Waals surface area (Å²) in [5, 5.41) is 3.40. The van der Waals surface area contributed by atoms with Crippen LogP contribution in [-0.2, 0) is 12.1 Å². The van der Waals surface area contributed by atoms with Gasteiger partial charge in [0.05, 0.1) is 10.6 Å². The number of nitrogens with one attached hydrogen (secondary N) is 1. The number of nitrogens with zero attached hydrogens (tertiary/aromatic N) is 3. The molecule has 2 heterocycles. The molecule has 0 unspecified atom stereocenters. The third kappa shape index (κ3) is 3.16. The Labute approximate surface area is 167 Å². The van der Waals surface area contributed by atoms with E-state index in [4.69, 9.17) is 16.6 Å². The molecule has 0 aliphatic carbocycles. The SMILES string of the molecule is CN1CCn2c(nc(-c3ccc(F)cc3)c2Nc2ccc(F)c(Cl)c2)C1(C)C. The molecule has 1 aliphatic heterocycles. The number of hydrogen-bond donors (Lipinski definition) is 1. The van der Waals surface area contributed by atoms with Gasteiger partial charge < -0.3 is 9.88 Å². The standard InChI is InChI=1S/C21H21ClF2N4/c1-21(2)20-26-18(13-4-6-14(23)7-5-13)19(28(20)11-10-27(21)3)25-15-8-9-17(24)16(22)12-15/h4-9,12,25H,10-11H2,1-3H3. The van der Waals surface area contributed by atoms with Gasteiger partial charge in [-0.3, -0.25) is 4.90 Å². The number of imidazole rings is 1. The first-order valence-electron chi connectivity index (χ1n) is 9.07. The number of aromatic nitrogens is 2. The van der Waals surface area contributed by atoms with Crippen LogP contribution in [0.15, 0.2) is 42.5 Å². The number of halogens is 3. The maximum atomic E-state index is 13.6. The molecule has 1 aromatic heterocycles. The molecular formula is C21H21ClF2N4. The lowest BCUT2D eigenvalue weighted by Crippen LogP contribution is -2.46. The van der Waals surface area contributed by atoms with Crippen LogP contribution in [0.3, 0.4) is 0 Å². The number of rotatable bonds is 3. The minimum Gasteiger partial charge on any atom is -0.340 e. The number of likely N-dealkylation sites (N-methyl/N-ethyl adjacent to an activating group) is 1. The lowest BCUT2D eigenvalue weighted by molar-refractivity contribution is 0.111. The van der Waals surface area contributed by atoms with Crippen LogP contribution < -0.4 is 5.32 Å². The molecule has 1 N–H and O–H groups in total. The highest BCUT2D eigenvalue weighted by Crippen LogP contribution is 2.39. The van der Waals surface area contributed by atoms with Crippen molar-refractivity contribution in [2.75, 3.05) is 18.9 Å². The predicted octanol–water partition coefficient (Wildman–Crippen LogP) is 5.41. The molecule has 0 bridgehead atoms. The van der Waals surface area contributed by atoms with Gasteiger partial charge in [-0.1, -0.05) is 11.6 Å². The molecule has 7 heteroatoms. The van der Waals surface area contributed by atoms with E-state index in [0.29, 0.717) is 5.69 Å². The van der Waals surface area contributed by atoms with Gasteiger partial charge >= 0.3 is 0 Å².